The van der Waals surface area contributed by atoms with Crippen LogP contribution in [0.5, 0.6) is 0 Å². The molecule has 19 heavy (non-hydrogen) atoms. The molecule has 102 valence electrons. The van der Waals surface area contributed by atoms with Gasteiger partial charge >= 0.3 is 0 Å². The zero-order chi connectivity index (χ0) is 12.8. The van der Waals surface area contributed by atoms with Gasteiger partial charge in [0.15, 0.2) is 0 Å². The molecule has 0 saturated carbocycles. The van der Waals surface area contributed by atoms with Crippen LogP contribution in [0.1, 0.15) is 77.0 Å². The second-order valence-corrected chi connectivity index (χ2v) is 9.48. The zero-order valence-corrected chi connectivity index (χ0v) is 13.0. The Kier molecular flexibility index (Phi) is 3.49. The van der Waals surface area contributed by atoms with E-state index in [0.29, 0.717) is 9.29 Å². The fraction of sp³-hybridized carbons (Fsp3) is 1.00. The summed E-state index contributed by atoms with van der Waals surface area (Å²) in [4.78, 5) is 0. The molecule has 4 bridgehead atoms. The molecule has 4 rings (SSSR count). The largest absolute Gasteiger partial charge is 0.166 e. The Morgan fingerprint density at radius 3 is 1.37 bits per heavy atom. The van der Waals surface area contributed by atoms with E-state index in [1.165, 1.54) is 77.0 Å². The van der Waals surface area contributed by atoms with Gasteiger partial charge in [0.2, 0.25) is 0 Å². The smallest absolute Gasteiger partial charge is 0.135 e. The van der Waals surface area contributed by atoms with Gasteiger partial charge in [-0.15, -0.1) is 0 Å². The van der Waals surface area contributed by atoms with E-state index in [-0.39, 0.29) is 0 Å². The summed E-state index contributed by atoms with van der Waals surface area (Å²) in [5.41, 5.74) is 0. The normalized spacial score (nSPS) is 49.1. The molecule has 0 aliphatic carbocycles. The van der Waals surface area contributed by atoms with Crippen LogP contribution in [-0.2, 0) is 0 Å². The van der Waals surface area contributed by atoms with Crippen LogP contribution < -0.4 is 0 Å². The van der Waals surface area contributed by atoms with Crippen molar-refractivity contribution in [1.29, 1.82) is 0 Å². The van der Waals surface area contributed by atoms with Gasteiger partial charge in [-0.3, -0.25) is 0 Å². The average Bonchev–Trinajstić information content (AvgIpc) is 2.38. The van der Waals surface area contributed by atoms with E-state index in [1.54, 1.807) is 0 Å². The summed E-state index contributed by atoms with van der Waals surface area (Å²) in [5.74, 6) is 1.93. The molecule has 0 aromatic carbocycles. The molecule has 0 unspecified atom stereocenters. The zero-order valence-electron chi connectivity index (χ0n) is 12.2. The second kappa shape index (κ2) is 5.04. The van der Waals surface area contributed by atoms with Gasteiger partial charge in [-0.05, 0) is 35.0 Å². The highest BCUT2D eigenvalue weighted by atomic mass is 32.2. The van der Waals surface area contributed by atoms with Crippen LogP contribution in [0.15, 0.2) is 0 Å². The Morgan fingerprint density at radius 1 is 0.632 bits per heavy atom. The lowest BCUT2D eigenvalue weighted by atomic mass is 9.42. The molecule has 0 aromatic rings. The molecule has 2 radical (unpaired) electrons. The third-order valence-electron chi connectivity index (χ3n) is 6.18. The van der Waals surface area contributed by atoms with E-state index in [9.17, 15) is 0 Å². The van der Waals surface area contributed by atoms with Crippen LogP contribution in [0, 0.1) is 0 Å². The van der Waals surface area contributed by atoms with Crippen molar-refractivity contribution >= 4 is 26.3 Å². The fourth-order valence-corrected chi connectivity index (χ4v) is 7.71. The summed E-state index contributed by atoms with van der Waals surface area (Å²) in [6.07, 6.45) is 17.8. The van der Waals surface area contributed by atoms with Gasteiger partial charge in [0.1, 0.15) is 14.6 Å². The Labute approximate surface area is 124 Å². The van der Waals surface area contributed by atoms with Crippen LogP contribution in [0.4, 0.5) is 0 Å². The minimum absolute atomic E-state index is 0.580. The highest BCUT2D eigenvalue weighted by Gasteiger charge is 2.49. The van der Waals surface area contributed by atoms with E-state index in [4.69, 9.17) is 0 Å². The van der Waals surface area contributed by atoms with Gasteiger partial charge in [-0.2, -0.15) is 11.8 Å². The number of fused-ring (bicyclic) bond motifs is 4. The molecule has 0 amide bonds. The van der Waals surface area contributed by atoms with Gasteiger partial charge in [-0.1, -0.05) is 63.0 Å². The van der Waals surface area contributed by atoms with E-state index >= 15 is 0 Å². The van der Waals surface area contributed by atoms with E-state index < -0.39 is 0 Å². The summed E-state index contributed by atoms with van der Waals surface area (Å²) in [7, 11) is 5.62. The van der Waals surface area contributed by atoms with Crippen LogP contribution in [0.3, 0.4) is 0 Å². The van der Waals surface area contributed by atoms with Gasteiger partial charge in [0.05, 0.1) is 0 Å². The first-order valence-electron chi connectivity index (χ1n) is 8.70. The Bertz CT molecular complexity index is 292. The molecule has 4 heterocycles. The van der Waals surface area contributed by atoms with Crippen molar-refractivity contribution < 1.29 is 0 Å². The van der Waals surface area contributed by atoms with Crippen molar-refractivity contribution in [3.8, 4) is 0 Å². The van der Waals surface area contributed by atoms with Gasteiger partial charge in [0, 0.05) is 0 Å². The maximum atomic E-state index is 2.81. The van der Waals surface area contributed by atoms with E-state index in [1.807, 2.05) is 0 Å². The lowest BCUT2D eigenvalue weighted by Crippen LogP contribution is -2.50. The first kappa shape index (κ1) is 13.2. The Morgan fingerprint density at radius 2 is 1.00 bits per heavy atom. The molecule has 0 N–H and O–H groups in total. The molecule has 0 aromatic heterocycles. The third kappa shape index (κ3) is 2.54. The molecule has 0 atom stereocenters. The van der Waals surface area contributed by atoms with Crippen molar-refractivity contribution in [2.75, 3.05) is 0 Å². The fourth-order valence-electron chi connectivity index (χ4n) is 5.40. The topological polar surface area (TPSA) is 0 Å². The highest BCUT2D eigenvalue weighted by molar-refractivity contribution is 8.04. The van der Waals surface area contributed by atoms with E-state index in [2.05, 4.69) is 26.3 Å². The molecular formula is C16H26B2S. The maximum absolute atomic E-state index is 2.81. The predicted molar refractivity (Wildman–Crippen MR) is 87.5 cm³/mol. The van der Waals surface area contributed by atoms with Crippen LogP contribution in [0.2, 0.25) is 11.6 Å². The highest BCUT2D eigenvalue weighted by Crippen LogP contribution is 2.57. The molecule has 4 saturated heterocycles. The van der Waals surface area contributed by atoms with Crippen molar-refractivity contribution in [3.05, 3.63) is 0 Å². The molecular weight excluding hydrogens is 246 g/mol. The summed E-state index contributed by atoms with van der Waals surface area (Å²) in [6, 6.07) is 0. The molecule has 4 aliphatic heterocycles. The van der Waals surface area contributed by atoms with Crippen LogP contribution in [0.25, 0.3) is 0 Å². The minimum atomic E-state index is 0.580. The Hall–Kier alpha value is 0.480. The number of thioether (sulfide) groups is 1. The van der Waals surface area contributed by atoms with Gasteiger partial charge in [-0.25, -0.2) is 0 Å². The first-order chi connectivity index (χ1) is 9.28. The standard InChI is InChI=1S/C16H26B2S/c1-5-13-6-2-10-15(9-1,17-13)19-16-11-3-7-14(18-16)8-4-12-16/h13-14H,1-12H2. The molecule has 0 nitrogen and oxygen atoms in total. The molecule has 4 fully saturated rings. The second-order valence-electron chi connectivity index (χ2n) is 7.65. The van der Waals surface area contributed by atoms with Crippen LogP contribution >= 0.6 is 11.8 Å². The Balaban J connectivity index is 1.52. The first-order valence-corrected chi connectivity index (χ1v) is 9.52. The summed E-state index contributed by atoms with van der Waals surface area (Å²) >= 11 is 2.44. The summed E-state index contributed by atoms with van der Waals surface area (Å²) < 4.78 is 1.16. The van der Waals surface area contributed by atoms with Crippen molar-refractivity contribution in [2.45, 2.75) is 98.0 Å². The minimum Gasteiger partial charge on any atom is -0.166 e. The predicted octanol–water partition coefficient (Wildman–Crippen LogP) is 4.83. The van der Waals surface area contributed by atoms with Gasteiger partial charge < -0.3 is 0 Å². The molecule has 3 heteroatoms. The quantitative estimate of drug-likeness (QED) is 0.648. The SMILES string of the molecule is [B]1C2CCCC1(SC13[B]C(CCC1)CCC3)CCC2. The maximum Gasteiger partial charge on any atom is 0.135 e. The lowest BCUT2D eigenvalue weighted by Gasteiger charge is -2.53. The monoisotopic (exact) mass is 272 g/mol. The number of hydrogen-bond acceptors (Lipinski definition) is 1. The average molecular weight is 272 g/mol. The number of rotatable bonds is 2. The van der Waals surface area contributed by atoms with E-state index in [0.717, 1.165) is 11.6 Å². The lowest BCUT2D eigenvalue weighted by molar-refractivity contribution is 0.417. The van der Waals surface area contributed by atoms with Crippen LogP contribution in [-0.4, -0.2) is 23.9 Å². The van der Waals surface area contributed by atoms with Crippen molar-refractivity contribution in [1.82, 2.24) is 0 Å². The molecule has 0 spiro atoms. The number of hydrogen-bond donors (Lipinski definition) is 0. The summed E-state index contributed by atoms with van der Waals surface area (Å²) in [6.45, 7) is 0. The molecule has 4 aliphatic rings. The van der Waals surface area contributed by atoms with Crippen molar-refractivity contribution in [2.24, 2.45) is 0 Å². The summed E-state index contributed by atoms with van der Waals surface area (Å²) in [5, 5.41) is 0. The van der Waals surface area contributed by atoms with Gasteiger partial charge in [0.25, 0.3) is 0 Å². The third-order valence-corrected chi connectivity index (χ3v) is 8.09. The van der Waals surface area contributed by atoms with Crippen molar-refractivity contribution in [3.63, 3.8) is 0 Å².